The third-order valence-corrected chi connectivity index (χ3v) is 4.76. The van der Waals surface area contributed by atoms with Gasteiger partial charge in [0.1, 0.15) is 0 Å². The van der Waals surface area contributed by atoms with Crippen LogP contribution in [0.2, 0.25) is 0 Å². The Balaban J connectivity index is 1.93. The molecule has 0 saturated heterocycles. The molecule has 4 N–H and O–H groups in total. The SMILES string of the molecule is CC1CCC(O)(CNC(=O)c2ccc(Br)c(N)c2)CC1. The molecule has 1 aromatic carbocycles. The third kappa shape index (κ3) is 3.73. The highest BCUT2D eigenvalue weighted by atomic mass is 79.9. The van der Waals surface area contributed by atoms with Crippen molar-refractivity contribution in [3.05, 3.63) is 28.2 Å². The minimum absolute atomic E-state index is 0.198. The van der Waals surface area contributed by atoms with Crippen LogP contribution in [0.15, 0.2) is 22.7 Å². The summed E-state index contributed by atoms with van der Waals surface area (Å²) in [5, 5.41) is 13.2. The molecule has 1 amide bonds. The molecule has 1 saturated carbocycles. The van der Waals surface area contributed by atoms with Crippen LogP contribution in [0.1, 0.15) is 43.0 Å². The average molecular weight is 341 g/mol. The van der Waals surface area contributed by atoms with E-state index < -0.39 is 5.60 Å². The van der Waals surface area contributed by atoms with Gasteiger partial charge in [0.2, 0.25) is 0 Å². The van der Waals surface area contributed by atoms with E-state index in [0.717, 1.165) is 30.2 Å². The Labute approximate surface area is 127 Å². The number of nitrogens with one attached hydrogen (secondary N) is 1. The maximum absolute atomic E-state index is 12.1. The van der Waals surface area contributed by atoms with Gasteiger partial charge in [0.25, 0.3) is 5.91 Å². The van der Waals surface area contributed by atoms with Crippen LogP contribution in [0, 0.1) is 5.92 Å². The largest absolute Gasteiger partial charge is 0.398 e. The first kappa shape index (κ1) is 15.3. The number of hydrogen-bond acceptors (Lipinski definition) is 3. The van der Waals surface area contributed by atoms with E-state index >= 15 is 0 Å². The van der Waals surface area contributed by atoms with Crippen LogP contribution >= 0.6 is 15.9 Å². The Kier molecular flexibility index (Phi) is 4.70. The number of amides is 1. The van der Waals surface area contributed by atoms with E-state index in [0.29, 0.717) is 23.7 Å². The Hall–Kier alpha value is -1.07. The Morgan fingerprint density at radius 2 is 2.15 bits per heavy atom. The summed E-state index contributed by atoms with van der Waals surface area (Å²) in [5.41, 5.74) is 6.04. The van der Waals surface area contributed by atoms with Crippen molar-refractivity contribution in [1.29, 1.82) is 0 Å². The normalized spacial score (nSPS) is 26.2. The highest BCUT2D eigenvalue weighted by Gasteiger charge is 2.32. The maximum Gasteiger partial charge on any atom is 0.251 e. The van der Waals surface area contributed by atoms with Gasteiger partial charge in [0, 0.05) is 22.3 Å². The maximum atomic E-state index is 12.1. The molecule has 0 bridgehead atoms. The standard InChI is InChI=1S/C15H21BrN2O2/c1-10-4-6-15(20,7-5-10)9-18-14(19)11-2-3-12(16)13(17)8-11/h2-3,8,10,20H,4-7,9,17H2,1H3,(H,18,19). The molecule has 0 radical (unpaired) electrons. The average Bonchev–Trinajstić information content (AvgIpc) is 2.43. The van der Waals surface area contributed by atoms with Gasteiger partial charge in [-0.1, -0.05) is 6.92 Å². The summed E-state index contributed by atoms with van der Waals surface area (Å²) < 4.78 is 0.772. The molecule has 110 valence electrons. The van der Waals surface area contributed by atoms with Crippen molar-refractivity contribution in [3.63, 3.8) is 0 Å². The molecule has 1 aliphatic carbocycles. The molecule has 0 heterocycles. The second kappa shape index (κ2) is 6.14. The summed E-state index contributed by atoms with van der Waals surface area (Å²) in [6.07, 6.45) is 3.52. The number of halogens is 1. The molecule has 1 aromatic rings. The van der Waals surface area contributed by atoms with Crippen molar-refractivity contribution < 1.29 is 9.90 Å². The van der Waals surface area contributed by atoms with Crippen molar-refractivity contribution in [2.24, 2.45) is 5.92 Å². The predicted octanol–water partition coefficient (Wildman–Crippen LogP) is 2.70. The highest BCUT2D eigenvalue weighted by molar-refractivity contribution is 9.10. The fourth-order valence-corrected chi connectivity index (χ4v) is 2.75. The van der Waals surface area contributed by atoms with Crippen LogP contribution < -0.4 is 11.1 Å². The second-order valence-corrected chi connectivity index (χ2v) is 6.68. The van der Waals surface area contributed by atoms with Crippen LogP contribution in [0.5, 0.6) is 0 Å². The van der Waals surface area contributed by atoms with Crippen LogP contribution in [-0.4, -0.2) is 23.2 Å². The zero-order valence-electron chi connectivity index (χ0n) is 11.7. The smallest absolute Gasteiger partial charge is 0.251 e. The molecule has 4 nitrogen and oxygen atoms in total. The number of anilines is 1. The van der Waals surface area contributed by atoms with Crippen LogP contribution in [0.4, 0.5) is 5.69 Å². The minimum Gasteiger partial charge on any atom is -0.398 e. The Bertz CT molecular complexity index is 497. The van der Waals surface area contributed by atoms with Crippen molar-refractivity contribution in [2.45, 2.75) is 38.2 Å². The number of aliphatic hydroxyl groups is 1. The lowest BCUT2D eigenvalue weighted by Crippen LogP contribution is -2.45. The molecular formula is C15H21BrN2O2. The number of hydrogen-bond donors (Lipinski definition) is 3. The van der Waals surface area contributed by atoms with E-state index in [1.807, 2.05) is 0 Å². The molecule has 0 unspecified atom stereocenters. The third-order valence-electron chi connectivity index (χ3n) is 4.04. The van der Waals surface area contributed by atoms with Crippen LogP contribution in [0.3, 0.4) is 0 Å². The van der Waals surface area contributed by atoms with Gasteiger partial charge in [-0.05, 0) is 65.7 Å². The van der Waals surface area contributed by atoms with Crippen molar-refractivity contribution in [3.8, 4) is 0 Å². The molecule has 5 heteroatoms. The Morgan fingerprint density at radius 1 is 1.50 bits per heavy atom. The number of carbonyl (C=O) groups is 1. The number of nitrogen functional groups attached to an aromatic ring is 1. The summed E-state index contributed by atoms with van der Waals surface area (Å²) in [6.45, 7) is 2.50. The molecule has 1 aliphatic rings. The molecule has 0 atom stereocenters. The predicted molar refractivity (Wildman–Crippen MR) is 83.5 cm³/mol. The monoisotopic (exact) mass is 340 g/mol. The Morgan fingerprint density at radius 3 is 2.75 bits per heavy atom. The summed E-state index contributed by atoms with van der Waals surface area (Å²) in [7, 11) is 0. The summed E-state index contributed by atoms with van der Waals surface area (Å²) >= 11 is 3.30. The summed E-state index contributed by atoms with van der Waals surface area (Å²) in [5.74, 6) is 0.466. The van der Waals surface area contributed by atoms with Crippen molar-refractivity contribution in [2.75, 3.05) is 12.3 Å². The molecular weight excluding hydrogens is 320 g/mol. The lowest BCUT2D eigenvalue weighted by atomic mass is 9.79. The number of nitrogens with two attached hydrogens (primary N) is 1. The molecule has 0 aromatic heterocycles. The van der Waals surface area contributed by atoms with E-state index in [9.17, 15) is 9.90 Å². The zero-order chi connectivity index (χ0) is 14.8. The van der Waals surface area contributed by atoms with Gasteiger partial charge >= 0.3 is 0 Å². The first-order chi connectivity index (χ1) is 9.39. The lowest BCUT2D eigenvalue weighted by Gasteiger charge is -2.34. The van der Waals surface area contributed by atoms with E-state index in [2.05, 4.69) is 28.2 Å². The van der Waals surface area contributed by atoms with Crippen LogP contribution in [-0.2, 0) is 0 Å². The number of carbonyl (C=O) groups excluding carboxylic acids is 1. The first-order valence-electron chi connectivity index (χ1n) is 6.95. The van der Waals surface area contributed by atoms with E-state index in [1.165, 1.54) is 0 Å². The summed E-state index contributed by atoms with van der Waals surface area (Å²) in [4.78, 5) is 12.1. The first-order valence-corrected chi connectivity index (χ1v) is 7.74. The molecule has 2 rings (SSSR count). The van der Waals surface area contributed by atoms with Gasteiger partial charge in [-0.15, -0.1) is 0 Å². The van der Waals surface area contributed by atoms with Gasteiger partial charge < -0.3 is 16.2 Å². The van der Waals surface area contributed by atoms with Gasteiger partial charge in [0.05, 0.1) is 5.60 Å². The zero-order valence-corrected chi connectivity index (χ0v) is 13.2. The van der Waals surface area contributed by atoms with Gasteiger partial charge in [-0.25, -0.2) is 0 Å². The molecule has 20 heavy (non-hydrogen) atoms. The lowest BCUT2D eigenvalue weighted by molar-refractivity contribution is -0.00539. The van der Waals surface area contributed by atoms with Crippen molar-refractivity contribution in [1.82, 2.24) is 5.32 Å². The topological polar surface area (TPSA) is 75.3 Å². The van der Waals surface area contributed by atoms with E-state index in [1.54, 1.807) is 18.2 Å². The number of rotatable bonds is 3. The summed E-state index contributed by atoms with van der Waals surface area (Å²) in [6, 6.07) is 5.09. The minimum atomic E-state index is -0.761. The van der Waals surface area contributed by atoms with Gasteiger partial charge in [0.15, 0.2) is 0 Å². The molecule has 0 spiro atoms. The fourth-order valence-electron chi connectivity index (χ4n) is 2.51. The van der Waals surface area contributed by atoms with Gasteiger partial charge in [-0.2, -0.15) is 0 Å². The highest BCUT2D eigenvalue weighted by Crippen LogP contribution is 2.31. The quantitative estimate of drug-likeness (QED) is 0.740. The van der Waals surface area contributed by atoms with Crippen LogP contribution in [0.25, 0.3) is 0 Å². The molecule has 0 aliphatic heterocycles. The van der Waals surface area contributed by atoms with Gasteiger partial charge in [-0.3, -0.25) is 4.79 Å². The molecule has 1 fully saturated rings. The van der Waals surface area contributed by atoms with E-state index in [-0.39, 0.29) is 5.91 Å². The fraction of sp³-hybridized carbons (Fsp3) is 0.533. The van der Waals surface area contributed by atoms with Crippen molar-refractivity contribution >= 4 is 27.5 Å². The number of benzene rings is 1. The van der Waals surface area contributed by atoms with E-state index in [4.69, 9.17) is 5.73 Å². The second-order valence-electron chi connectivity index (χ2n) is 5.83.